The van der Waals surface area contributed by atoms with Crippen LogP contribution in [0.4, 0.5) is 8.78 Å². The van der Waals surface area contributed by atoms with Gasteiger partial charge in [0.2, 0.25) is 11.8 Å². The van der Waals surface area contributed by atoms with Gasteiger partial charge >= 0.3 is 0 Å². The first kappa shape index (κ1) is 22.2. The molecule has 2 amide bonds. The summed E-state index contributed by atoms with van der Waals surface area (Å²) in [5.41, 5.74) is 1.30. The number of carbonyl (C=O) groups excluding carboxylic acids is 2. The molecule has 0 radical (unpaired) electrons. The monoisotopic (exact) mass is 433 g/mol. The molecule has 170 valence electrons. The minimum Gasteiger partial charge on any atom is -0.353 e. The fourth-order valence-electron chi connectivity index (χ4n) is 6.27. The van der Waals surface area contributed by atoms with E-state index in [0.717, 1.165) is 18.4 Å². The summed E-state index contributed by atoms with van der Waals surface area (Å²) in [5.74, 6) is -0.836. The van der Waals surface area contributed by atoms with Crippen molar-refractivity contribution in [2.45, 2.75) is 89.6 Å². The Morgan fingerprint density at radius 3 is 2.58 bits per heavy atom. The van der Waals surface area contributed by atoms with Crippen LogP contribution in [0.1, 0.15) is 65.2 Å². The van der Waals surface area contributed by atoms with Gasteiger partial charge in [-0.15, -0.1) is 0 Å². The topological polar surface area (TPSA) is 82.0 Å². The largest absolute Gasteiger partial charge is 0.353 e. The third-order valence-corrected chi connectivity index (χ3v) is 8.13. The molecular formula is C24H33F2N3O2. The molecule has 3 fully saturated rings. The highest BCUT2D eigenvalue weighted by Gasteiger charge is 2.50. The van der Waals surface area contributed by atoms with Gasteiger partial charge in [0.05, 0.1) is 12.5 Å². The maximum Gasteiger partial charge on any atom is 0.247 e. The van der Waals surface area contributed by atoms with E-state index in [2.05, 4.69) is 16.7 Å². The van der Waals surface area contributed by atoms with Crippen molar-refractivity contribution in [3.63, 3.8) is 0 Å². The second-order valence-corrected chi connectivity index (χ2v) is 10.1. The Balaban J connectivity index is 1.43. The fraction of sp³-hybridized carbons (Fsp3) is 0.792. The van der Waals surface area contributed by atoms with Crippen molar-refractivity contribution in [2.75, 3.05) is 0 Å². The summed E-state index contributed by atoms with van der Waals surface area (Å²) in [7, 11) is 0. The Hall–Kier alpha value is -1.97. The number of carbonyl (C=O) groups is 2. The lowest BCUT2D eigenvalue weighted by Crippen LogP contribution is -2.54. The summed E-state index contributed by atoms with van der Waals surface area (Å²) >= 11 is 0. The first-order chi connectivity index (χ1) is 14.8. The molecule has 7 unspecified atom stereocenters. The zero-order chi connectivity index (χ0) is 22.3. The smallest absolute Gasteiger partial charge is 0.247 e. The zero-order valence-electron chi connectivity index (χ0n) is 18.4. The van der Waals surface area contributed by atoms with Crippen LogP contribution in [0.5, 0.6) is 0 Å². The molecule has 3 saturated carbocycles. The molecule has 4 rings (SSSR count). The number of nitriles is 1. The van der Waals surface area contributed by atoms with E-state index in [1.165, 1.54) is 0 Å². The van der Waals surface area contributed by atoms with Gasteiger partial charge in [-0.2, -0.15) is 5.26 Å². The van der Waals surface area contributed by atoms with E-state index in [4.69, 9.17) is 5.26 Å². The molecular weight excluding hydrogens is 400 g/mol. The average molecular weight is 434 g/mol. The lowest BCUT2D eigenvalue weighted by Gasteiger charge is -2.45. The van der Waals surface area contributed by atoms with Crippen molar-refractivity contribution in [1.82, 2.24) is 10.6 Å². The molecule has 0 saturated heterocycles. The van der Waals surface area contributed by atoms with Gasteiger partial charge in [0, 0.05) is 41.3 Å². The molecule has 0 spiro atoms. The summed E-state index contributed by atoms with van der Waals surface area (Å²) in [4.78, 5) is 25.5. The van der Waals surface area contributed by atoms with Crippen LogP contribution in [0, 0.1) is 40.9 Å². The van der Waals surface area contributed by atoms with Crippen LogP contribution in [0.15, 0.2) is 11.1 Å². The molecule has 0 aromatic carbocycles. The molecule has 8 atom stereocenters. The van der Waals surface area contributed by atoms with Crippen LogP contribution in [0.25, 0.3) is 0 Å². The van der Waals surface area contributed by atoms with Gasteiger partial charge in [0.1, 0.15) is 12.3 Å². The summed E-state index contributed by atoms with van der Waals surface area (Å²) in [6.45, 7) is 3.68. The van der Waals surface area contributed by atoms with Gasteiger partial charge in [-0.3, -0.25) is 9.59 Å². The van der Waals surface area contributed by atoms with E-state index < -0.39 is 12.3 Å². The molecule has 31 heavy (non-hydrogen) atoms. The lowest BCUT2D eigenvalue weighted by molar-refractivity contribution is -0.125. The highest BCUT2D eigenvalue weighted by atomic mass is 19.1. The molecule has 1 heterocycles. The molecule has 2 N–H and O–H groups in total. The van der Waals surface area contributed by atoms with Crippen molar-refractivity contribution < 1.29 is 18.4 Å². The Morgan fingerprint density at radius 1 is 1.19 bits per heavy atom. The lowest BCUT2D eigenvalue weighted by atomic mass is 9.66. The normalized spacial score (nSPS) is 39.2. The third-order valence-electron chi connectivity index (χ3n) is 8.13. The average Bonchev–Trinajstić information content (AvgIpc) is 3.56. The SMILES string of the molecule is CC1=C(CC(=O)N[C@H](C)C2CCC(C#N)CC2F)C(=O)NC2CCC(F)C(C3CC3)C12. The fourth-order valence-corrected chi connectivity index (χ4v) is 6.27. The summed E-state index contributed by atoms with van der Waals surface area (Å²) in [6, 6.07) is 1.72. The number of hydrogen-bond donors (Lipinski definition) is 2. The Bertz CT molecular complexity index is 803. The Labute approximate surface area is 183 Å². The zero-order valence-corrected chi connectivity index (χ0v) is 18.4. The van der Waals surface area contributed by atoms with Crippen LogP contribution in [-0.4, -0.2) is 36.2 Å². The van der Waals surface area contributed by atoms with Crippen LogP contribution in [0.2, 0.25) is 0 Å². The molecule has 5 nitrogen and oxygen atoms in total. The van der Waals surface area contributed by atoms with Gasteiger partial charge in [-0.1, -0.05) is 5.57 Å². The van der Waals surface area contributed by atoms with Gasteiger partial charge < -0.3 is 10.6 Å². The maximum atomic E-state index is 14.8. The van der Waals surface area contributed by atoms with Crippen molar-refractivity contribution >= 4 is 11.8 Å². The first-order valence-electron chi connectivity index (χ1n) is 11.8. The van der Waals surface area contributed by atoms with E-state index in [9.17, 15) is 18.4 Å². The number of rotatable bonds is 5. The number of hydrogen-bond acceptors (Lipinski definition) is 3. The number of alkyl halides is 2. The maximum absolute atomic E-state index is 14.8. The van der Waals surface area contributed by atoms with Crippen LogP contribution < -0.4 is 10.6 Å². The summed E-state index contributed by atoms with van der Waals surface area (Å²) in [6.07, 6.45) is 2.60. The van der Waals surface area contributed by atoms with Gasteiger partial charge in [-0.05, 0) is 64.7 Å². The predicted octanol–water partition coefficient (Wildman–Crippen LogP) is 3.75. The van der Waals surface area contributed by atoms with E-state index in [-0.39, 0.29) is 60.4 Å². The Morgan fingerprint density at radius 2 is 1.94 bits per heavy atom. The van der Waals surface area contributed by atoms with Crippen LogP contribution in [-0.2, 0) is 9.59 Å². The minimum atomic E-state index is -1.11. The molecule has 1 aliphatic heterocycles. The van der Waals surface area contributed by atoms with Gasteiger partial charge in [-0.25, -0.2) is 8.78 Å². The van der Waals surface area contributed by atoms with Crippen molar-refractivity contribution in [1.29, 1.82) is 5.26 Å². The highest BCUT2D eigenvalue weighted by molar-refractivity contribution is 6.00. The predicted molar refractivity (Wildman–Crippen MR) is 112 cm³/mol. The van der Waals surface area contributed by atoms with Crippen LogP contribution in [0.3, 0.4) is 0 Å². The van der Waals surface area contributed by atoms with E-state index in [1.807, 2.05) is 6.92 Å². The standard InChI is InChI=1S/C24H33F2N3O2/c1-12-17(10-21(30)28-13(2)16-6-3-14(11-27)9-19(16)26)24(31)29-20-8-7-18(25)23(22(12)20)15-4-5-15/h13-16,18-20,22-23H,3-10H2,1-2H3,(H,28,30)(H,29,31)/t13-,14?,16?,18?,19?,20?,22?,23?/m1/s1. The van der Waals surface area contributed by atoms with Crippen molar-refractivity contribution in [3.8, 4) is 6.07 Å². The third kappa shape index (κ3) is 4.49. The molecule has 0 bridgehead atoms. The second kappa shape index (κ2) is 8.88. The van der Waals surface area contributed by atoms with Crippen molar-refractivity contribution in [2.24, 2.45) is 29.6 Å². The number of nitrogens with zero attached hydrogens (tertiary/aromatic N) is 1. The molecule has 7 heteroatoms. The van der Waals surface area contributed by atoms with E-state index in [0.29, 0.717) is 37.2 Å². The second-order valence-electron chi connectivity index (χ2n) is 10.1. The van der Waals surface area contributed by atoms with Crippen molar-refractivity contribution in [3.05, 3.63) is 11.1 Å². The molecule has 3 aliphatic carbocycles. The Kier molecular flexibility index (Phi) is 6.37. The van der Waals surface area contributed by atoms with E-state index >= 15 is 0 Å². The first-order valence-corrected chi connectivity index (χ1v) is 11.8. The molecule has 0 aromatic heterocycles. The van der Waals surface area contributed by atoms with Gasteiger partial charge in [0.15, 0.2) is 0 Å². The molecule has 0 aromatic rings. The minimum absolute atomic E-state index is 0.0364. The quantitative estimate of drug-likeness (QED) is 0.693. The van der Waals surface area contributed by atoms with Gasteiger partial charge in [0.25, 0.3) is 0 Å². The number of halogens is 2. The molecule has 4 aliphatic rings. The summed E-state index contributed by atoms with van der Waals surface area (Å²) < 4.78 is 29.3. The number of fused-ring (bicyclic) bond motifs is 1. The number of nitrogens with one attached hydrogen (secondary N) is 2. The number of amides is 2. The van der Waals surface area contributed by atoms with Crippen LogP contribution >= 0.6 is 0 Å². The summed E-state index contributed by atoms with van der Waals surface area (Å²) in [5, 5.41) is 14.9. The highest BCUT2D eigenvalue weighted by Crippen LogP contribution is 2.51. The van der Waals surface area contributed by atoms with E-state index in [1.54, 1.807) is 6.92 Å².